The summed E-state index contributed by atoms with van der Waals surface area (Å²) in [5.41, 5.74) is 1.91. The van der Waals surface area contributed by atoms with Crippen molar-refractivity contribution in [1.29, 1.82) is 5.26 Å². The van der Waals surface area contributed by atoms with Crippen molar-refractivity contribution in [2.75, 3.05) is 0 Å². The van der Waals surface area contributed by atoms with Gasteiger partial charge in [0.05, 0.1) is 11.5 Å². The Bertz CT molecular complexity index is 525. The largest absolute Gasteiger partial charge is 0.197 e. The Kier molecular flexibility index (Phi) is 3.79. The highest BCUT2D eigenvalue weighted by atomic mass is 14.4. The average molecular weight is 235 g/mol. The molecular weight excluding hydrogens is 218 g/mol. The predicted molar refractivity (Wildman–Crippen MR) is 74.2 cm³/mol. The molecular formula is C17H17N. The molecule has 0 radical (unpaired) electrons. The molecule has 0 aliphatic rings. The Labute approximate surface area is 109 Å². The molecule has 2 aromatic carbocycles. The van der Waals surface area contributed by atoms with Crippen LogP contribution in [-0.2, 0) is 11.8 Å². The van der Waals surface area contributed by atoms with E-state index < -0.39 is 5.41 Å². The highest BCUT2D eigenvalue weighted by molar-refractivity contribution is 5.35. The Morgan fingerprint density at radius 1 is 0.944 bits per heavy atom. The van der Waals surface area contributed by atoms with Crippen molar-refractivity contribution < 1.29 is 0 Å². The van der Waals surface area contributed by atoms with E-state index in [1.165, 1.54) is 5.56 Å². The molecule has 1 heteroatoms. The molecule has 2 rings (SSSR count). The van der Waals surface area contributed by atoms with Crippen molar-refractivity contribution in [1.82, 2.24) is 0 Å². The number of hydrogen-bond acceptors (Lipinski definition) is 1. The highest BCUT2D eigenvalue weighted by Gasteiger charge is 2.30. The monoisotopic (exact) mass is 235 g/mol. The highest BCUT2D eigenvalue weighted by Crippen LogP contribution is 2.31. The van der Waals surface area contributed by atoms with Gasteiger partial charge in [-0.3, -0.25) is 0 Å². The van der Waals surface area contributed by atoms with E-state index in [-0.39, 0.29) is 0 Å². The molecule has 0 heterocycles. The quantitative estimate of drug-likeness (QED) is 0.782. The van der Waals surface area contributed by atoms with Crippen LogP contribution < -0.4 is 0 Å². The molecule has 0 aromatic heterocycles. The van der Waals surface area contributed by atoms with E-state index in [0.717, 1.165) is 18.4 Å². The molecule has 0 aliphatic carbocycles. The maximum atomic E-state index is 9.64. The van der Waals surface area contributed by atoms with Crippen LogP contribution in [0.2, 0.25) is 0 Å². The van der Waals surface area contributed by atoms with Gasteiger partial charge in [-0.25, -0.2) is 0 Å². The summed E-state index contributed by atoms with van der Waals surface area (Å²) in [5.74, 6) is 0. The minimum atomic E-state index is -0.414. The zero-order chi connectivity index (χ0) is 12.8. The topological polar surface area (TPSA) is 23.8 Å². The van der Waals surface area contributed by atoms with E-state index in [9.17, 15) is 5.26 Å². The minimum Gasteiger partial charge on any atom is -0.197 e. The second kappa shape index (κ2) is 5.51. The summed E-state index contributed by atoms with van der Waals surface area (Å²) in [4.78, 5) is 0. The molecule has 0 bridgehead atoms. The van der Waals surface area contributed by atoms with Crippen LogP contribution in [0, 0.1) is 11.3 Å². The molecule has 1 nitrogen and oxygen atoms in total. The van der Waals surface area contributed by atoms with Gasteiger partial charge in [0.15, 0.2) is 0 Å². The maximum absolute atomic E-state index is 9.64. The van der Waals surface area contributed by atoms with Crippen LogP contribution >= 0.6 is 0 Å². The van der Waals surface area contributed by atoms with Gasteiger partial charge in [-0.1, -0.05) is 67.6 Å². The molecule has 90 valence electrons. The van der Waals surface area contributed by atoms with E-state index in [1.54, 1.807) is 0 Å². The third-order valence-corrected chi connectivity index (χ3v) is 3.49. The van der Waals surface area contributed by atoms with Crippen molar-refractivity contribution in [2.24, 2.45) is 0 Å². The molecule has 1 unspecified atom stereocenters. The summed E-state index contributed by atoms with van der Waals surface area (Å²) in [6, 6.07) is 22.9. The van der Waals surface area contributed by atoms with Gasteiger partial charge in [0.2, 0.25) is 0 Å². The number of nitrogens with zero attached hydrogens (tertiary/aromatic N) is 1. The number of nitriles is 1. The Hall–Kier alpha value is -2.07. The number of rotatable bonds is 4. The summed E-state index contributed by atoms with van der Waals surface area (Å²) in [6.07, 6.45) is 1.59. The van der Waals surface area contributed by atoms with Crippen molar-refractivity contribution in [3.05, 3.63) is 71.8 Å². The van der Waals surface area contributed by atoms with E-state index in [4.69, 9.17) is 0 Å². The summed E-state index contributed by atoms with van der Waals surface area (Å²) in [5, 5.41) is 9.64. The van der Waals surface area contributed by atoms with Crippen molar-refractivity contribution in [3.63, 3.8) is 0 Å². The van der Waals surface area contributed by atoms with Gasteiger partial charge < -0.3 is 0 Å². The van der Waals surface area contributed by atoms with Crippen LogP contribution in [0.15, 0.2) is 60.7 Å². The lowest BCUT2D eigenvalue weighted by molar-refractivity contribution is 0.526. The van der Waals surface area contributed by atoms with Crippen LogP contribution in [0.3, 0.4) is 0 Å². The van der Waals surface area contributed by atoms with Gasteiger partial charge in [-0.15, -0.1) is 0 Å². The van der Waals surface area contributed by atoms with Crippen LogP contribution in [0.4, 0.5) is 0 Å². The van der Waals surface area contributed by atoms with Crippen molar-refractivity contribution >= 4 is 0 Å². The summed E-state index contributed by atoms with van der Waals surface area (Å²) >= 11 is 0. The fourth-order valence-corrected chi connectivity index (χ4v) is 2.32. The van der Waals surface area contributed by atoms with E-state index in [0.29, 0.717) is 0 Å². The molecule has 0 saturated heterocycles. The molecule has 2 aromatic rings. The molecule has 1 atom stereocenters. The van der Waals surface area contributed by atoms with E-state index >= 15 is 0 Å². The van der Waals surface area contributed by atoms with E-state index in [2.05, 4.69) is 37.3 Å². The third-order valence-electron chi connectivity index (χ3n) is 3.49. The minimum absolute atomic E-state index is 0.414. The molecule has 0 N–H and O–H groups in total. The standard InChI is InChI=1S/C17H17N/c1-2-17(14-18,16-11-7-4-8-12-16)13-15-9-5-3-6-10-15/h3-12H,2,13H2,1H3. The zero-order valence-electron chi connectivity index (χ0n) is 10.6. The van der Waals surface area contributed by atoms with Crippen molar-refractivity contribution in [2.45, 2.75) is 25.2 Å². The number of hydrogen-bond donors (Lipinski definition) is 0. The second-order valence-electron chi connectivity index (χ2n) is 4.58. The molecule has 0 amide bonds. The first-order valence-electron chi connectivity index (χ1n) is 6.31. The maximum Gasteiger partial charge on any atom is 0.0859 e. The molecule has 0 aliphatic heterocycles. The van der Waals surface area contributed by atoms with Gasteiger partial charge in [-0.05, 0) is 24.0 Å². The van der Waals surface area contributed by atoms with Gasteiger partial charge in [-0.2, -0.15) is 5.26 Å². The van der Waals surface area contributed by atoms with Gasteiger partial charge in [0.25, 0.3) is 0 Å². The summed E-state index contributed by atoms with van der Waals surface area (Å²) in [7, 11) is 0. The average Bonchev–Trinajstić information content (AvgIpc) is 2.47. The first-order chi connectivity index (χ1) is 8.80. The molecule has 0 fully saturated rings. The smallest absolute Gasteiger partial charge is 0.0859 e. The van der Waals surface area contributed by atoms with Crippen LogP contribution in [0.1, 0.15) is 24.5 Å². The van der Waals surface area contributed by atoms with Crippen LogP contribution in [0.25, 0.3) is 0 Å². The van der Waals surface area contributed by atoms with Crippen molar-refractivity contribution in [3.8, 4) is 6.07 Å². The van der Waals surface area contributed by atoms with E-state index in [1.807, 2.05) is 36.4 Å². The first kappa shape index (κ1) is 12.4. The Morgan fingerprint density at radius 2 is 1.50 bits per heavy atom. The lowest BCUT2D eigenvalue weighted by Crippen LogP contribution is -2.26. The zero-order valence-corrected chi connectivity index (χ0v) is 10.6. The normalized spacial score (nSPS) is 13.6. The lowest BCUT2D eigenvalue weighted by atomic mass is 9.75. The fraction of sp³-hybridized carbons (Fsp3) is 0.235. The van der Waals surface area contributed by atoms with Crippen LogP contribution in [-0.4, -0.2) is 0 Å². The Morgan fingerprint density at radius 3 is 2.00 bits per heavy atom. The SMILES string of the molecule is CCC(C#N)(Cc1ccccc1)c1ccccc1. The predicted octanol–water partition coefficient (Wildman–Crippen LogP) is 4.10. The molecule has 18 heavy (non-hydrogen) atoms. The second-order valence-corrected chi connectivity index (χ2v) is 4.58. The Balaban J connectivity index is 2.37. The fourth-order valence-electron chi connectivity index (χ4n) is 2.32. The first-order valence-corrected chi connectivity index (χ1v) is 6.31. The van der Waals surface area contributed by atoms with Crippen LogP contribution in [0.5, 0.6) is 0 Å². The summed E-state index contributed by atoms with van der Waals surface area (Å²) in [6.45, 7) is 2.08. The molecule has 0 saturated carbocycles. The summed E-state index contributed by atoms with van der Waals surface area (Å²) < 4.78 is 0. The molecule has 0 spiro atoms. The van der Waals surface area contributed by atoms with Gasteiger partial charge in [0.1, 0.15) is 0 Å². The number of benzene rings is 2. The van der Waals surface area contributed by atoms with Gasteiger partial charge >= 0.3 is 0 Å². The lowest BCUT2D eigenvalue weighted by Gasteiger charge is -2.25. The third kappa shape index (κ3) is 2.43. The van der Waals surface area contributed by atoms with Gasteiger partial charge in [0, 0.05) is 0 Å².